The number of aliphatic hydroxyl groups excluding tert-OH is 1. The number of carbonyl (C=O) groups is 3. The SMILES string of the molecule is CCCNC(=O)[C@@H]1[C@H]2C(=O)N([C@H](CO)c3ccccc3)C(C(=O)Nc3ccccc3Cl)C23CC(C)[C@@]1(C)O3. The van der Waals surface area contributed by atoms with Crippen molar-refractivity contribution in [1.82, 2.24) is 10.2 Å². The van der Waals surface area contributed by atoms with E-state index >= 15 is 0 Å². The zero-order chi connectivity index (χ0) is 27.2. The minimum absolute atomic E-state index is 0.0798. The molecule has 3 N–H and O–H groups in total. The second-order valence-corrected chi connectivity index (χ2v) is 11.2. The van der Waals surface area contributed by atoms with Crippen LogP contribution in [0.15, 0.2) is 54.6 Å². The molecular formula is C29H34ClN3O5. The molecule has 3 heterocycles. The highest BCUT2D eigenvalue weighted by atomic mass is 35.5. The van der Waals surface area contributed by atoms with Crippen LogP contribution in [-0.4, -0.2) is 58.1 Å². The fraction of sp³-hybridized carbons (Fsp3) is 0.483. The third-order valence-electron chi connectivity index (χ3n) is 8.66. The van der Waals surface area contributed by atoms with Crippen molar-refractivity contribution >= 4 is 35.0 Å². The van der Waals surface area contributed by atoms with E-state index < -0.39 is 47.6 Å². The maximum atomic E-state index is 14.4. The molecule has 3 aliphatic heterocycles. The highest BCUT2D eigenvalue weighted by Gasteiger charge is 2.80. The van der Waals surface area contributed by atoms with Crippen molar-refractivity contribution in [3.63, 3.8) is 0 Å². The molecule has 2 aromatic rings. The summed E-state index contributed by atoms with van der Waals surface area (Å²) in [7, 11) is 0. The molecule has 3 unspecified atom stereocenters. The Morgan fingerprint density at radius 3 is 2.50 bits per heavy atom. The molecule has 9 heteroatoms. The normalized spacial score (nSPS) is 32.2. The summed E-state index contributed by atoms with van der Waals surface area (Å²) in [5.41, 5.74) is -1.03. The molecule has 3 fully saturated rings. The van der Waals surface area contributed by atoms with Crippen molar-refractivity contribution in [2.45, 2.75) is 56.9 Å². The summed E-state index contributed by atoms with van der Waals surface area (Å²) in [6.45, 7) is 5.93. The largest absolute Gasteiger partial charge is 0.394 e. The number of rotatable bonds is 8. The van der Waals surface area contributed by atoms with Gasteiger partial charge in [-0.25, -0.2) is 0 Å². The molecule has 0 radical (unpaired) electrons. The van der Waals surface area contributed by atoms with Crippen LogP contribution in [0.5, 0.6) is 0 Å². The van der Waals surface area contributed by atoms with Crippen LogP contribution in [-0.2, 0) is 19.1 Å². The molecule has 3 amide bonds. The molecule has 0 saturated carbocycles. The van der Waals surface area contributed by atoms with Gasteiger partial charge in [0.05, 0.1) is 40.8 Å². The average molecular weight is 540 g/mol. The molecule has 202 valence electrons. The second-order valence-electron chi connectivity index (χ2n) is 10.8. The number of benzene rings is 2. The van der Waals surface area contributed by atoms with Crippen molar-refractivity contribution in [3.8, 4) is 0 Å². The standard InChI is InChI=1S/C29H34ClN3O5/c1-4-14-31-25(35)22-23-27(37)33(21(16-34)18-10-6-5-7-11-18)24(29(23)15-17(2)28(22,3)38-29)26(36)32-20-13-9-8-12-19(20)30/h5-13,17,21-24,34H,4,14-16H2,1-3H3,(H,31,35)(H,32,36)/t17?,21-,22+,23+,24?,28-,29?/m1/s1. The van der Waals surface area contributed by atoms with Gasteiger partial charge >= 0.3 is 0 Å². The lowest BCUT2D eigenvalue weighted by Crippen LogP contribution is -2.55. The van der Waals surface area contributed by atoms with Crippen LogP contribution < -0.4 is 10.6 Å². The third kappa shape index (κ3) is 3.92. The van der Waals surface area contributed by atoms with Crippen molar-refractivity contribution in [3.05, 3.63) is 65.2 Å². The summed E-state index contributed by atoms with van der Waals surface area (Å²) in [5, 5.41) is 16.8. The Morgan fingerprint density at radius 1 is 1.16 bits per heavy atom. The van der Waals surface area contributed by atoms with Gasteiger partial charge in [-0.2, -0.15) is 0 Å². The van der Waals surface area contributed by atoms with E-state index in [1.54, 1.807) is 24.3 Å². The molecule has 2 aromatic carbocycles. The Balaban J connectivity index is 1.63. The fourth-order valence-electron chi connectivity index (χ4n) is 6.86. The molecule has 0 aromatic heterocycles. The van der Waals surface area contributed by atoms with Crippen LogP contribution in [0.4, 0.5) is 5.69 Å². The van der Waals surface area contributed by atoms with Crippen LogP contribution >= 0.6 is 11.6 Å². The van der Waals surface area contributed by atoms with Crippen molar-refractivity contribution in [1.29, 1.82) is 0 Å². The Kier molecular flexibility index (Phi) is 7.00. The summed E-state index contributed by atoms with van der Waals surface area (Å²) in [6.07, 6.45) is 1.19. The van der Waals surface area contributed by atoms with Gasteiger partial charge in [0.15, 0.2) is 0 Å². The monoisotopic (exact) mass is 539 g/mol. The molecule has 1 spiro atoms. The number of nitrogens with zero attached hydrogens (tertiary/aromatic N) is 1. The van der Waals surface area contributed by atoms with E-state index in [9.17, 15) is 19.5 Å². The van der Waals surface area contributed by atoms with Gasteiger partial charge in [0, 0.05) is 6.54 Å². The van der Waals surface area contributed by atoms with Gasteiger partial charge in [-0.1, -0.05) is 67.9 Å². The van der Waals surface area contributed by atoms with Gasteiger partial charge < -0.3 is 25.4 Å². The highest BCUT2D eigenvalue weighted by molar-refractivity contribution is 6.33. The average Bonchev–Trinajstić information content (AvgIpc) is 3.42. The van der Waals surface area contributed by atoms with Gasteiger partial charge in [-0.05, 0) is 43.4 Å². The van der Waals surface area contributed by atoms with E-state index in [4.69, 9.17) is 16.3 Å². The first-order chi connectivity index (χ1) is 18.2. The van der Waals surface area contributed by atoms with E-state index in [0.29, 0.717) is 29.2 Å². The number of hydrogen-bond acceptors (Lipinski definition) is 5. The molecule has 2 bridgehead atoms. The van der Waals surface area contributed by atoms with Crippen LogP contribution in [0.25, 0.3) is 0 Å². The number of halogens is 1. The highest BCUT2D eigenvalue weighted by Crippen LogP contribution is 2.66. The maximum absolute atomic E-state index is 14.4. The number of fused-ring (bicyclic) bond motifs is 1. The van der Waals surface area contributed by atoms with Gasteiger partial charge in [-0.15, -0.1) is 0 Å². The topological polar surface area (TPSA) is 108 Å². The number of anilines is 1. The minimum atomic E-state index is -1.23. The lowest BCUT2D eigenvalue weighted by Gasteiger charge is -2.37. The Morgan fingerprint density at radius 2 is 1.84 bits per heavy atom. The lowest BCUT2D eigenvalue weighted by atomic mass is 9.62. The van der Waals surface area contributed by atoms with Gasteiger partial charge in [-0.3, -0.25) is 14.4 Å². The first-order valence-electron chi connectivity index (χ1n) is 13.2. The molecule has 3 saturated heterocycles. The predicted molar refractivity (Wildman–Crippen MR) is 143 cm³/mol. The first-order valence-corrected chi connectivity index (χ1v) is 13.6. The Bertz CT molecular complexity index is 1240. The summed E-state index contributed by atoms with van der Waals surface area (Å²) < 4.78 is 6.73. The summed E-state index contributed by atoms with van der Waals surface area (Å²) >= 11 is 6.35. The number of hydrogen-bond donors (Lipinski definition) is 3. The number of nitrogens with one attached hydrogen (secondary N) is 2. The number of para-hydroxylation sites is 1. The molecule has 5 rings (SSSR count). The number of ether oxygens (including phenoxy) is 1. The number of likely N-dealkylation sites (tertiary alicyclic amines) is 1. The summed E-state index contributed by atoms with van der Waals surface area (Å²) in [6, 6.07) is 14.1. The van der Waals surface area contributed by atoms with Gasteiger partial charge in [0.1, 0.15) is 11.6 Å². The molecule has 7 atom stereocenters. The fourth-order valence-corrected chi connectivity index (χ4v) is 7.05. The lowest BCUT2D eigenvalue weighted by molar-refractivity contribution is -0.149. The number of aliphatic hydroxyl groups is 1. The number of carbonyl (C=O) groups excluding carboxylic acids is 3. The zero-order valence-electron chi connectivity index (χ0n) is 21.8. The third-order valence-corrected chi connectivity index (χ3v) is 8.99. The number of amides is 3. The van der Waals surface area contributed by atoms with Crippen LogP contribution in [0, 0.1) is 17.8 Å². The molecule has 3 aliphatic rings. The van der Waals surface area contributed by atoms with Crippen LogP contribution in [0.2, 0.25) is 5.02 Å². The van der Waals surface area contributed by atoms with Crippen LogP contribution in [0.3, 0.4) is 0 Å². The molecule has 0 aliphatic carbocycles. The quantitative estimate of drug-likeness (QED) is 0.475. The summed E-state index contributed by atoms with van der Waals surface area (Å²) in [5.74, 6) is -2.77. The first kappa shape index (κ1) is 26.7. The van der Waals surface area contributed by atoms with E-state index in [-0.39, 0.29) is 17.7 Å². The predicted octanol–water partition coefficient (Wildman–Crippen LogP) is 3.55. The van der Waals surface area contributed by atoms with Crippen LogP contribution in [0.1, 0.15) is 45.2 Å². The van der Waals surface area contributed by atoms with Crippen molar-refractivity contribution < 1.29 is 24.2 Å². The van der Waals surface area contributed by atoms with E-state index in [1.807, 2.05) is 51.1 Å². The Labute approximate surface area is 227 Å². The smallest absolute Gasteiger partial charge is 0.250 e. The maximum Gasteiger partial charge on any atom is 0.250 e. The van der Waals surface area contributed by atoms with Crippen molar-refractivity contribution in [2.75, 3.05) is 18.5 Å². The zero-order valence-corrected chi connectivity index (χ0v) is 22.6. The molecule has 38 heavy (non-hydrogen) atoms. The van der Waals surface area contributed by atoms with Gasteiger partial charge in [0.2, 0.25) is 17.7 Å². The van der Waals surface area contributed by atoms with E-state index in [1.165, 1.54) is 4.90 Å². The molecule has 8 nitrogen and oxygen atoms in total. The molecular weight excluding hydrogens is 506 g/mol. The minimum Gasteiger partial charge on any atom is -0.394 e. The van der Waals surface area contributed by atoms with Crippen molar-refractivity contribution in [2.24, 2.45) is 17.8 Å². The van der Waals surface area contributed by atoms with E-state index in [0.717, 1.165) is 6.42 Å². The van der Waals surface area contributed by atoms with E-state index in [2.05, 4.69) is 10.6 Å². The summed E-state index contributed by atoms with van der Waals surface area (Å²) in [4.78, 5) is 43.5. The second kappa shape index (κ2) is 9.98. The van der Waals surface area contributed by atoms with Gasteiger partial charge in [0.25, 0.3) is 0 Å². The Hall–Kier alpha value is -2.94.